The van der Waals surface area contributed by atoms with E-state index in [4.69, 9.17) is 12.2 Å². The summed E-state index contributed by atoms with van der Waals surface area (Å²) in [7, 11) is 0. The van der Waals surface area contributed by atoms with E-state index >= 15 is 0 Å². The topological polar surface area (TPSA) is 23.6 Å². The number of fused-ring (bicyclic) bond motifs is 1. The van der Waals surface area contributed by atoms with Crippen molar-refractivity contribution in [2.75, 3.05) is 18.0 Å². The van der Waals surface area contributed by atoms with Crippen molar-refractivity contribution < 1.29 is 4.79 Å². The molecular weight excluding hydrogens is 256 g/mol. The lowest BCUT2D eigenvalue weighted by molar-refractivity contribution is -0.116. The van der Waals surface area contributed by atoms with E-state index in [-0.39, 0.29) is 5.91 Å². The van der Waals surface area contributed by atoms with Crippen LogP contribution >= 0.6 is 12.2 Å². The van der Waals surface area contributed by atoms with Gasteiger partial charge in [0.1, 0.15) is 0 Å². The zero-order valence-corrected chi connectivity index (χ0v) is 11.5. The van der Waals surface area contributed by atoms with E-state index in [9.17, 15) is 4.79 Å². The third-order valence-corrected chi connectivity index (χ3v) is 3.85. The van der Waals surface area contributed by atoms with Gasteiger partial charge in [0.15, 0.2) is 5.11 Å². The molecule has 0 radical (unpaired) electrons. The van der Waals surface area contributed by atoms with Crippen molar-refractivity contribution in [3.63, 3.8) is 0 Å². The number of amides is 1. The molecule has 0 unspecified atom stereocenters. The molecule has 0 aliphatic carbocycles. The number of likely N-dealkylation sites (N-methyl/N-ethyl adjacent to an activating group) is 1. The minimum Gasteiger partial charge on any atom is -0.339 e. The third kappa shape index (κ3) is 1.98. The average Bonchev–Trinajstić information content (AvgIpc) is 2.73. The standard InChI is InChI=1S/C15H14N2OS/c1-2-16-10-14(18)17(15(16)19)13-8-7-11-5-3-4-6-12(11)9-13/h3-9H,2,10H2,1H3. The number of thiocarbonyl (C=S) groups is 1. The molecule has 19 heavy (non-hydrogen) atoms. The summed E-state index contributed by atoms with van der Waals surface area (Å²) in [6.45, 7) is 3.14. The summed E-state index contributed by atoms with van der Waals surface area (Å²) in [6.07, 6.45) is 0. The SMILES string of the molecule is CCN1CC(=O)N(c2ccc3ccccc3c2)C1=S. The highest BCUT2D eigenvalue weighted by molar-refractivity contribution is 7.80. The molecule has 96 valence electrons. The molecule has 0 saturated carbocycles. The highest BCUT2D eigenvalue weighted by atomic mass is 32.1. The molecule has 2 aromatic rings. The Labute approximate surface area is 117 Å². The van der Waals surface area contributed by atoms with Gasteiger partial charge >= 0.3 is 0 Å². The molecule has 3 nitrogen and oxygen atoms in total. The normalized spacial score (nSPS) is 15.6. The Morgan fingerprint density at radius 2 is 1.89 bits per heavy atom. The zero-order chi connectivity index (χ0) is 13.4. The first kappa shape index (κ1) is 12.1. The zero-order valence-electron chi connectivity index (χ0n) is 10.7. The lowest BCUT2D eigenvalue weighted by Gasteiger charge is -2.19. The van der Waals surface area contributed by atoms with Crippen LogP contribution in [-0.2, 0) is 4.79 Å². The molecule has 0 bridgehead atoms. The van der Waals surface area contributed by atoms with E-state index in [0.717, 1.165) is 23.0 Å². The monoisotopic (exact) mass is 270 g/mol. The van der Waals surface area contributed by atoms with Crippen LogP contribution in [0, 0.1) is 0 Å². The van der Waals surface area contributed by atoms with Crippen molar-refractivity contribution in [2.24, 2.45) is 0 Å². The van der Waals surface area contributed by atoms with Gasteiger partial charge in [-0.25, -0.2) is 0 Å². The van der Waals surface area contributed by atoms with Gasteiger partial charge in [-0.05, 0) is 42.0 Å². The lowest BCUT2D eigenvalue weighted by atomic mass is 10.1. The van der Waals surface area contributed by atoms with Crippen molar-refractivity contribution >= 4 is 39.7 Å². The van der Waals surface area contributed by atoms with Crippen molar-refractivity contribution in [1.29, 1.82) is 0 Å². The number of rotatable bonds is 2. The van der Waals surface area contributed by atoms with E-state index < -0.39 is 0 Å². The van der Waals surface area contributed by atoms with Crippen molar-refractivity contribution in [1.82, 2.24) is 4.90 Å². The smallest absolute Gasteiger partial charge is 0.252 e. The van der Waals surface area contributed by atoms with E-state index in [2.05, 4.69) is 6.07 Å². The van der Waals surface area contributed by atoms with Gasteiger partial charge in [-0.1, -0.05) is 30.3 Å². The van der Waals surface area contributed by atoms with Crippen LogP contribution in [0.2, 0.25) is 0 Å². The fourth-order valence-corrected chi connectivity index (χ4v) is 2.77. The molecule has 1 heterocycles. The largest absolute Gasteiger partial charge is 0.339 e. The Hall–Kier alpha value is -1.94. The summed E-state index contributed by atoms with van der Waals surface area (Å²) in [5.41, 5.74) is 0.852. The first-order chi connectivity index (χ1) is 9.20. The van der Waals surface area contributed by atoms with Crippen LogP contribution in [0.25, 0.3) is 10.8 Å². The molecule has 0 atom stereocenters. The van der Waals surface area contributed by atoms with Crippen LogP contribution in [0.15, 0.2) is 42.5 Å². The van der Waals surface area contributed by atoms with Gasteiger partial charge in [-0.3, -0.25) is 9.69 Å². The Kier molecular flexibility index (Phi) is 2.95. The number of hydrogen-bond donors (Lipinski definition) is 0. The van der Waals surface area contributed by atoms with E-state index in [1.807, 2.05) is 48.2 Å². The number of hydrogen-bond acceptors (Lipinski definition) is 2. The van der Waals surface area contributed by atoms with E-state index in [0.29, 0.717) is 11.7 Å². The molecule has 0 spiro atoms. The molecule has 2 aromatic carbocycles. The predicted octanol–water partition coefficient (Wildman–Crippen LogP) is 2.79. The maximum Gasteiger partial charge on any atom is 0.252 e. The fourth-order valence-electron chi connectivity index (χ4n) is 2.37. The average molecular weight is 270 g/mol. The molecule has 1 aliphatic rings. The summed E-state index contributed by atoms with van der Waals surface area (Å²) >= 11 is 5.37. The molecule has 1 amide bonds. The summed E-state index contributed by atoms with van der Waals surface area (Å²) in [5, 5.41) is 2.88. The lowest BCUT2D eigenvalue weighted by Crippen LogP contribution is -2.32. The van der Waals surface area contributed by atoms with E-state index in [1.54, 1.807) is 4.90 Å². The van der Waals surface area contributed by atoms with E-state index in [1.165, 1.54) is 0 Å². The highest BCUT2D eigenvalue weighted by Crippen LogP contribution is 2.25. The fraction of sp³-hybridized carbons (Fsp3) is 0.200. The molecule has 4 heteroatoms. The molecule has 1 aliphatic heterocycles. The van der Waals surface area contributed by atoms with Crippen LogP contribution < -0.4 is 4.90 Å². The molecule has 0 aromatic heterocycles. The minimum atomic E-state index is 0.0436. The van der Waals surface area contributed by atoms with Crippen molar-refractivity contribution in [3.8, 4) is 0 Å². The quantitative estimate of drug-likeness (QED) is 0.784. The molecular formula is C15H14N2OS. The van der Waals surface area contributed by atoms with Gasteiger partial charge in [0.25, 0.3) is 5.91 Å². The second-order valence-corrected chi connectivity index (χ2v) is 4.92. The maximum atomic E-state index is 12.1. The summed E-state index contributed by atoms with van der Waals surface area (Å²) in [4.78, 5) is 15.6. The number of nitrogens with zero attached hydrogens (tertiary/aromatic N) is 2. The second-order valence-electron chi connectivity index (χ2n) is 4.56. The van der Waals surface area contributed by atoms with Gasteiger partial charge in [0.2, 0.25) is 0 Å². The van der Waals surface area contributed by atoms with Crippen LogP contribution in [0.5, 0.6) is 0 Å². The van der Waals surface area contributed by atoms with Crippen LogP contribution in [0.4, 0.5) is 5.69 Å². The minimum absolute atomic E-state index is 0.0436. The Morgan fingerprint density at radius 3 is 2.58 bits per heavy atom. The first-order valence-electron chi connectivity index (χ1n) is 6.31. The molecule has 1 fully saturated rings. The van der Waals surface area contributed by atoms with Crippen LogP contribution in [0.3, 0.4) is 0 Å². The van der Waals surface area contributed by atoms with Crippen LogP contribution in [-0.4, -0.2) is 29.0 Å². The molecule has 3 rings (SSSR count). The Bertz CT molecular complexity index is 668. The summed E-state index contributed by atoms with van der Waals surface area (Å²) in [6, 6.07) is 14.1. The second kappa shape index (κ2) is 4.63. The third-order valence-electron chi connectivity index (χ3n) is 3.41. The Balaban J connectivity index is 2.04. The number of carbonyl (C=O) groups excluding carboxylic acids is 1. The highest BCUT2D eigenvalue weighted by Gasteiger charge is 2.32. The molecule has 1 saturated heterocycles. The number of anilines is 1. The summed E-state index contributed by atoms with van der Waals surface area (Å²) in [5.74, 6) is 0.0436. The van der Waals surface area contributed by atoms with Crippen molar-refractivity contribution in [2.45, 2.75) is 6.92 Å². The predicted molar refractivity (Wildman–Crippen MR) is 81.3 cm³/mol. The van der Waals surface area contributed by atoms with Crippen molar-refractivity contribution in [3.05, 3.63) is 42.5 Å². The van der Waals surface area contributed by atoms with Gasteiger partial charge in [-0.2, -0.15) is 0 Å². The van der Waals surface area contributed by atoms with Gasteiger partial charge in [-0.15, -0.1) is 0 Å². The van der Waals surface area contributed by atoms with Gasteiger partial charge in [0, 0.05) is 6.54 Å². The number of benzene rings is 2. The Morgan fingerprint density at radius 1 is 1.16 bits per heavy atom. The van der Waals surface area contributed by atoms with Crippen LogP contribution in [0.1, 0.15) is 6.92 Å². The maximum absolute atomic E-state index is 12.1. The number of carbonyl (C=O) groups is 1. The first-order valence-corrected chi connectivity index (χ1v) is 6.72. The molecule has 0 N–H and O–H groups in total. The summed E-state index contributed by atoms with van der Waals surface area (Å²) < 4.78 is 0. The van der Waals surface area contributed by atoms with Gasteiger partial charge < -0.3 is 4.90 Å². The van der Waals surface area contributed by atoms with Gasteiger partial charge in [0.05, 0.1) is 12.2 Å².